The number of hydrogen-bond acceptors (Lipinski definition) is 3. The number of ketones is 1. The van der Waals surface area contributed by atoms with Gasteiger partial charge in [0.2, 0.25) is 0 Å². The van der Waals surface area contributed by atoms with Crippen LogP contribution in [0.2, 0.25) is 0 Å². The summed E-state index contributed by atoms with van der Waals surface area (Å²) >= 11 is 0. The van der Waals surface area contributed by atoms with E-state index in [9.17, 15) is 4.79 Å². The molecule has 1 aromatic carbocycles. The number of rotatable bonds is 5. The summed E-state index contributed by atoms with van der Waals surface area (Å²) in [6.45, 7) is 2.03. The van der Waals surface area contributed by atoms with Crippen LogP contribution in [0.25, 0.3) is 0 Å². The van der Waals surface area contributed by atoms with Gasteiger partial charge in [0, 0.05) is 26.6 Å². The molecule has 1 aromatic rings. The molecule has 0 bridgehead atoms. The Morgan fingerprint density at radius 1 is 1.29 bits per heavy atom. The van der Waals surface area contributed by atoms with Crippen LogP contribution in [0.15, 0.2) is 54.1 Å². The fourth-order valence-electron chi connectivity index (χ4n) is 2.75. The normalized spacial score (nSPS) is 21.6. The summed E-state index contributed by atoms with van der Waals surface area (Å²) in [4.78, 5) is 11.7. The number of hydrogen-bond donors (Lipinski definition) is 0. The molecule has 3 heteroatoms. The highest BCUT2D eigenvalue weighted by atomic mass is 16.7. The third kappa shape index (κ3) is 3.49. The minimum atomic E-state index is -0.842. The zero-order valence-corrected chi connectivity index (χ0v) is 12.8. The van der Waals surface area contributed by atoms with Crippen LogP contribution >= 0.6 is 0 Å². The van der Waals surface area contributed by atoms with E-state index in [1.807, 2.05) is 25.1 Å². The van der Waals surface area contributed by atoms with E-state index < -0.39 is 5.79 Å². The van der Waals surface area contributed by atoms with Crippen LogP contribution in [0, 0.1) is 5.92 Å². The molecule has 112 valence electrons. The van der Waals surface area contributed by atoms with Crippen molar-refractivity contribution in [2.24, 2.45) is 5.92 Å². The second-order valence-corrected chi connectivity index (χ2v) is 5.32. The van der Waals surface area contributed by atoms with E-state index in [-0.39, 0.29) is 11.7 Å². The Labute approximate surface area is 126 Å². The van der Waals surface area contributed by atoms with Gasteiger partial charge in [-0.2, -0.15) is 0 Å². The van der Waals surface area contributed by atoms with E-state index in [0.717, 1.165) is 12.0 Å². The summed E-state index contributed by atoms with van der Waals surface area (Å²) in [5.74, 6) is -0.823. The topological polar surface area (TPSA) is 35.5 Å². The predicted molar refractivity (Wildman–Crippen MR) is 82.9 cm³/mol. The summed E-state index contributed by atoms with van der Waals surface area (Å²) in [6, 6.07) is 10.2. The van der Waals surface area contributed by atoms with Gasteiger partial charge in [-0.3, -0.25) is 4.79 Å². The third-order valence-electron chi connectivity index (χ3n) is 4.08. The lowest BCUT2D eigenvalue weighted by molar-refractivity contribution is -0.200. The fourth-order valence-corrected chi connectivity index (χ4v) is 2.75. The van der Waals surface area contributed by atoms with E-state index in [2.05, 4.69) is 18.2 Å². The monoisotopic (exact) mass is 286 g/mol. The van der Waals surface area contributed by atoms with Gasteiger partial charge in [-0.15, -0.1) is 0 Å². The van der Waals surface area contributed by atoms with Crippen molar-refractivity contribution in [1.82, 2.24) is 0 Å². The quantitative estimate of drug-likeness (QED) is 0.615. The summed E-state index contributed by atoms with van der Waals surface area (Å²) in [7, 11) is 3.22. The number of methoxy groups -OCH3 is 2. The first-order valence-corrected chi connectivity index (χ1v) is 7.14. The molecule has 1 aliphatic rings. The molecule has 3 nitrogen and oxygen atoms in total. The maximum absolute atomic E-state index is 11.7. The van der Waals surface area contributed by atoms with Crippen molar-refractivity contribution in [2.75, 3.05) is 14.2 Å². The van der Waals surface area contributed by atoms with Crippen LogP contribution in [0.5, 0.6) is 0 Å². The molecule has 0 aliphatic heterocycles. The van der Waals surface area contributed by atoms with Gasteiger partial charge in [0.25, 0.3) is 0 Å². The first-order valence-electron chi connectivity index (χ1n) is 7.14. The highest BCUT2D eigenvalue weighted by molar-refractivity contribution is 5.91. The zero-order chi connectivity index (χ0) is 15.3. The third-order valence-corrected chi connectivity index (χ3v) is 4.08. The van der Waals surface area contributed by atoms with Gasteiger partial charge in [0.1, 0.15) is 0 Å². The number of benzene rings is 1. The molecule has 2 rings (SSSR count). The molecule has 1 aliphatic carbocycles. The van der Waals surface area contributed by atoms with Crippen LogP contribution in [-0.4, -0.2) is 25.8 Å². The highest BCUT2D eigenvalue weighted by Gasteiger charge is 2.41. The fraction of sp³-hybridized carbons (Fsp3) is 0.389. The largest absolute Gasteiger partial charge is 0.349 e. The number of allylic oxidation sites excluding steroid dienone is 2. The molecular weight excluding hydrogens is 264 g/mol. The molecule has 0 amide bonds. The highest BCUT2D eigenvalue weighted by Crippen LogP contribution is 2.36. The van der Waals surface area contributed by atoms with Gasteiger partial charge < -0.3 is 9.47 Å². The molecule has 0 saturated carbocycles. The van der Waals surface area contributed by atoms with Crippen LogP contribution in [-0.2, 0) is 20.7 Å². The van der Waals surface area contributed by atoms with Crippen molar-refractivity contribution in [3.05, 3.63) is 59.7 Å². The minimum Gasteiger partial charge on any atom is -0.349 e. The summed E-state index contributed by atoms with van der Waals surface area (Å²) in [5, 5.41) is 0. The van der Waals surface area contributed by atoms with Crippen molar-refractivity contribution in [3.63, 3.8) is 0 Å². The summed E-state index contributed by atoms with van der Waals surface area (Å²) in [5.41, 5.74) is 2.36. The lowest BCUT2D eigenvalue weighted by Gasteiger charge is -2.38. The van der Waals surface area contributed by atoms with Crippen molar-refractivity contribution >= 4 is 5.78 Å². The van der Waals surface area contributed by atoms with Crippen LogP contribution < -0.4 is 0 Å². The molecule has 0 saturated heterocycles. The Morgan fingerprint density at radius 2 is 1.95 bits per heavy atom. The van der Waals surface area contributed by atoms with Gasteiger partial charge in [0.15, 0.2) is 11.6 Å². The van der Waals surface area contributed by atoms with Crippen LogP contribution in [0.1, 0.15) is 18.9 Å². The molecule has 0 radical (unpaired) electrons. The van der Waals surface area contributed by atoms with Crippen molar-refractivity contribution in [2.45, 2.75) is 25.6 Å². The molecular formula is C18H22O3. The second kappa shape index (κ2) is 6.83. The predicted octanol–water partition coefficient (Wildman–Crippen LogP) is 3.31. The van der Waals surface area contributed by atoms with Crippen molar-refractivity contribution in [1.29, 1.82) is 0 Å². The Kier molecular flexibility index (Phi) is 5.10. The molecule has 0 N–H and O–H groups in total. The lowest BCUT2D eigenvalue weighted by Crippen LogP contribution is -2.44. The number of ether oxygens (including phenoxy) is 2. The van der Waals surface area contributed by atoms with Gasteiger partial charge in [-0.25, -0.2) is 0 Å². The Hall–Kier alpha value is -1.71. The Bertz CT molecular complexity index is 539. The SMILES string of the molecule is COC1(OC)C=CC(=O)CC1/C(C)=C\Cc1ccccc1. The van der Waals surface area contributed by atoms with E-state index in [0.29, 0.717) is 6.42 Å². The molecule has 0 heterocycles. The maximum Gasteiger partial charge on any atom is 0.194 e. The number of carbonyl (C=O) groups is 1. The van der Waals surface area contributed by atoms with Gasteiger partial charge >= 0.3 is 0 Å². The first-order chi connectivity index (χ1) is 10.1. The van der Waals surface area contributed by atoms with Gasteiger partial charge in [0.05, 0.1) is 0 Å². The van der Waals surface area contributed by atoms with Gasteiger partial charge in [-0.05, 0) is 31.1 Å². The number of carbonyl (C=O) groups excluding carboxylic acids is 1. The molecule has 1 atom stereocenters. The van der Waals surface area contributed by atoms with Crippen molar-refractivity contribution < 1.29 is 14.3 Å². The van der Waals surface area contributed by atoms with E-state index in [1.54, 1.807) is 26.4 Å². The van der Waals surface area contributed by atoms with E-state index in [4.69, 9.17) is 9.47 Å². The maximum atomic E-state index is 11.7. The lowest BCUT2D eigenvalue weighted by atomic mass is 9.81. The average Bonchev–Trinajstić information content (AvgIpc) is 2.54. The average molecular weight is 286 g/mol. The van der Waals surface area contributed by atoms with Crippen molar-refractivity contribution in [3.8, 4) is 0 Å². The molecule has 1 unspecified atom stereocenters. The molecule has 0 spiro atoms. The Balaban J connectivity index is 2.21. The van der Waals surface area contributed by atoms with E-state index in [1.165, 1.54) is 5.56 Å². The van der Waals surface area contributed by atoms with Crippen LogP contribution in [0.4, 0.5) is 0 Å². The smallest absolute Gasteiger partial charge is 0.194 e. The summed E-state index contributed by atoms with van der Waals surface area (Å²) in [6.07, 6.45) is 6.68. The minimum absolute atomic E-state index is 0.0892. The standard InChI is InChI=1S/C18H22O3/c1-14(9-10-15-7-5-4-6-8-15)17-13-16(19)11-12-18(17,20-2)21-3/h4-9,11-12,17H,10,13H2,1-3H3/b14-9-. The molecule has 0 aromatic heterocycles. The van der Waals surface area contributed by atoms with Crippen LogP contribution in [0.3, 0.4) is 0 Å². The first kappa shape index (κ1) is 15.7. The van der Waals surface area contributed by atoms with Gasteiger partial charge in [-0.1, -0.05) is 42.0 Å². The Morgan fingerprint density at radius 3 is 2.57 bits per heavy atom. The second-order valence-electron chi connectivity index (χ2n) is 5.32. The molecule has 0 fully saturated rings. The van der Waals surface area contributed by atoms with E-state index >= 15 is 0 Å². The summed E-state index contributed by atoms with van der Waals surface area (Å²) < 4.78 is 11.1. The zero-order valence-electron chi connectivity index (χ0n) is 12.8. The molecule has 21 heavy (non-hydrogen) atoms.